The lowest BCUT2D eigenvalue weighted by Crippen LogP contribution is -2.20. The highest BCUT2D eigenvalue weighted by Gasteiger charge is 2.17. The van der Waals surface area contributed by atoms with Gasteiger partial charge in [-0.25, -0.2) is 9.78 Å². The first-order chi connectivity index (χ1) is 11.3. The summed E-state index contributed by atoms with van der Waals surface area (Å²) in [7, 11) is 1.57. The van der Waals surface area contributed by atoms with Crippen LogP contribution in [0.2, 0.25) is 0 Å². The first-order valence-corrected chi connectivity index (χ1v) is 6.80. The fourth-order valence-electron chi connectivity index (χ4n) is 2.34. The van der Waals surface area contributed by atoms with Gasteiger partial charge < -0.3 is 14.6 Å². The molecule has 4 rings (SSSR count). The minimum absolute atomic E-state index is 0.381. The Bertz CT molecular complexity index is 1020. The first-order valence-electron chi connectivity index (χ1n) is 6.80. The Balaban J connectivity index is 1.72. The molecule has 114 valence electrons. The average molecular weight is 309 g/mol. The van der Waals surface area contributed by atoms with Crippen LogP contribution >= 0.6 is 0 Å². The number of carbonyl (C=O) groups is 1. The van der Waals surface area contributed by atoms with Gasteiger partial charge in [-0.3, -0.25) is 0 Å². The third-order valence-corrected chi connectivity index (χ3v) is 3.47. The highest BCUT2D eigenvalue weighted by molar-refractivity contribution is 6.04. The van der Waals surface area contributed by atoms with Gasteiger partial charge >= 0.3 is 5.97 Å². The lowest BCUT2D eigenvalue weighted by molar-refractivity contribution is 0.0411. The zero-order valence-electron chi connectivity index (χ0n) is 12.1. The van der Waals surface area contributed by atoms with Crippen molar-refractivity contribution in [2.75, 3.05) is 7.11 Å². The van der Waals surface area contributed by atoms with Gasteiger partial charge in [0.1, 0.15) is 5.75 Å². The van der Waals surface area contributed by atoms with Crippen molar-refractivity contribution >= 4 is 28.0 Å². The Morgan fingerprint density at radius 3 is 3.09 bits per heavy atom. The van der Waals surface area contributed by atoms with Crippen LogP contribution in [0.4, 0.5) is 0 Å². The summed E-state index contributed by atoms with van der Waals surface area (Å²) in [6, 6.07) is 8.84. The number of carbonyl (C=O) groups excluding carboxylic acids is 1. The number of H-pyrrole nitrogens is 1. The molecule has 0 bridgehead atoms. The molecule has 0 amide bonds. The standard InChI is InChI=1S/C15H11N5O3/c1-22-9-4-5-12-10(7-9)11(8-17-12)15(21)23-20-13-3-2-6-16-14(13)18-19-20/h2-8,17H,1H3. The number of hydrogen-bond acceptors (Lipinski definition) is 6. The van der Waals surface area contributed by atoms with Crippen molar-refractivity contribution in [3.05, 3.63) is 48.3 Å². The van der Waals surface area contributed by atoms with Gasteiger partial charge in [0.2, 0.25) is 5.65 Å². The third-order valence-electron chi connectivity index (χ3n) is 3.47. The number of hydrogen-bond donors (Lipinski definition) is 1. The summed E-state index contributed by atoms with van der Waals surface area (Å²) in [5, 5.41) is 8.33. The second kappa shape index (κ2) is 5.09. The summed E-state index contributed by atoms with van der Waals surface area (Å²) >= 11 is 0. The van der Waals surface area contributed by atoms with E-state index < -0.39 is 5.97 Å². The zero-order chi connectivity index (χ0) is 15.8. The molecule has 0 aliphatic carbocycles. The Labute approximate surface area is 129 Å². The van der Waals surface area contributed by atoms with E-state index in [-0.39, 0.29) is 0 Å². The molecule has 1 N–H and O–H groups in total. The maximum Gasteiger partial charge on any atom is 0.367 e. The van der Waals surface area contributed by atoms with E-state index in [2.05, 4.69) is 20.3 Å². The fourth-order valence-corrected chi connectivity index (χ4v) is 2.34. The number of nitrogens with zero attached hydrogens (tertiary/aromatic N) is 4. The largest absolute Gasteiger partial charge is 0.497 e. The number of pyridine rings is 1. The predicted octanol–water partition coefficient (Wildman–Crippen LogP) is 1.59. The fraction of sp³-hybridized carbons (Fsp3) is 0.0667. The molecule has 3 heterocycles. The number of aromatic amines is 1. The van der Waals surface area contributed by atoms with Crippen molar-refractivity contribution in [3.63, 3.8) is 0 Å². The molecule has 3 aromatic heterocycles. The van der Waals surface area contributed by atoms with Crippen LogP contribution in [-0.4, -0.2) is 38.2 Å². The molecule has 0 aliphatic rings. The molecule has 0 saturated carbocycles. The molecule has 0 radical (unpaired) electrons. The van der Waals surface area contributed by atoms with E-state index in [0.717, 1.165) is 10.4 Å². The molecule has 0 fully saturated rings. The van der Waals surface area contributed by atoms with Gasteiger partial charge in [0, 0.05) is 23.3 Å². The van der Waals surface area contributed by atoms with Crippen LogP contribution in [0, 0.1) is 0 Å². The van der Waals surface area contributed by atoms with Crippen LogP contribution < -0.4 is 9.57 Å². The lowest BCUT2D eigenvalue weighted by atomic mass is 10.2. The average Bonchev–Trinajstić information content (AvgIpc) is 3.18. The maximum atomic E-state index is 12.4. The first kappa shape index (κ1) is 13.3. The van der Waals surface area contributed by atoms with Crippen molar-refractivity contribution in [2.24, 2.45) is 0 Å². The Morgan fingerprint density at radius 1 is 1.30 bits per heavy atom. The van der Waals surface area contributed by atoms with E-state index >= 15 is 0 Å². The molecule has 0 spiro atoms. The molecule has 4 aromatic rings. The maximum absolute atomic E-state index is 12.4. The Morgan fingerprint density at radius 2 is 2.22 bits per heavy atom. The van der Waals surface area contributed by atoms with Gasteiger partial charge in [-0.1, -0.05) is 4.85 Å². The molecule has 8 heteroatoms. The lowest BCUT2D eigenvalue weighted by Gasteiger charge is -2.03. The number of fused-ring (bicyclic) bond motifs is 2. The highest BCUT2D eigenvalue weighted by Crippen LogP contribution is 2.23. The van der Waals surface area contributed by atoms with E-state index in [1.807, 2.05) is 12.1 Å². The van der Waals surface area contributed by atoms with Crippen LogP contribution in [0.15, 0.2) is 42.7 Å². The number of benzene rings is 1. The van der Waals surface area contributed by atoms with Crippen molar-refractivity contribution in [3.8, 4) is 5.75 Å². The molecule has 0 unspecified atom stereocenters. The molecule has 0 saturated heterocycles. The minimum Gasteiger partial charge on any atom is -0.497 e. The number of rotatable bonds is 3. The second-order valence-electron chi connectivity index (χ2n) is 4.80. The second-order valence-corrected chi connectivity index (χ2v) is 4.80. The topological polar surface area (TPSA) is 94.9 Å². The number of ether oxygens (including phenoxy) is 1. The van der Waals surface area contributed by atoms with Crippen LogP contribution in [-0.2, 0) is 0 Å². The Kier molecular flexibility index (Phi) is 2.94. The van der Waals surface area contributed by atoms with Gasteiger partial charge in [0.25, 0.3) is 0 Å². The molecular weight excluding hydrogens is 298 g/mol. The third kappa shape index (κ3) is 2.16. The van der Waals surface area contributed by atoms with Crippen molar-refractivity contribution in [1.82, 2.24) is 25.1 Å². The summed E-state index contributed by atoms with van der Waals surface area (Å²) in [6.07, 6.45) is 3.18. The predicted molar refractivity (Wildman–Crippen MR) is 81.1 cm³/mol. The normalized spacial score (nSPS) is 11.0. The van der Waals surface area contributed by atoms with Gasteiger partial charge in [-0.2, -0.15) is 0 Å². The zero-order valence-corrected chi connectivity index (χ0v) is 12.1. The smallest absolute Gasteiger partial charge is 0.367 e. The molecule has 23 heavy (non-hydrogen) atoms. The summed E-state index contributed by atoms with van der Waals surface area (Å²) in [5.74, 6) is 0.0988. The van der Waals surface area contributed by atoms with Crippen LogP contribution in [0.1, 0.15) is 10.4 Å². The van der Waals surface area contributed by atoms with E-state index in [0.29, 0.717) is 27.9 Å². The van der Waals surface area contributed by atoms with Crippen LogP contribution in [0.5, 0.6) is 5.75 Å². The monoisotopic (exact) mass is 309 g/mol. The van der Waals surface area contributed by atoms with Gasteiger partial charge in [-0.15, -0.1) is 5.10 Å². The van der Waals surface area contributed by atoms with Gasteiger partial charge in [0.15, 0.2) is 5.52 Å². The van der Waals surface area contributed by atoms with Crippen molar-refractivity contribution in [2.45, 2.75) is 0 Å². The van der Waals surface area contributed by atoms with Gasteiger partial charge in [-0.05, 0) is 35.5 Å². The van der Waals surface area contributed by atoms with Gasteiger partial charge in [0.05, 0.1) is 12.7 Å². The molecular formula is C15H11N5O3. The molecule has 0 aliphatic heterocycles. The number of aromatic nitrogens is 5. The van der Waals surface area contributed by atoms with Crippen molar-refractivity contribution < 1.29 is 14.4 Å². The summed E-state index contributed by atoms with van der Waals surface area (Å²) < 4.78 is 5.19. The molecule has 8 nitrogen and oxygen atoms in total. The van der Waals surface area contributed by atoms with E-state index in [1.54, 1.807) is 37.7 Å². The highest BCUT2D eigenvalue weighted by atomic mass is 16.7. The van der Waals surface area contributed by atoms with Crippen molar-refractivity contribution in [1.29, 1.82) is 0 Å². The van der Waals surface area contributed by atoms with Crippen LogP contribution in [0.25, 0.3) is 22.1 Å². The quantitative estimate of drug-likeness (QED) is 0.577. The number of methoxy groups -OCH3 is 1. The molecule has 0 atom stereocenters. The molecule has 1 aromatic carbocycles. The summed E-state index contributed by atoms with van der Waals surface area (Å²) in [4.78, 5) is 25.9. The van der Waals surface area contributed by atoms with E-state index in [4.69, 9.17) is 9.57 Å². The van der Waals surface area contributed by atoms with Crippen LogP contribution in [0.3, 0.4) is 0 Å². The minimum atomic E-state index is -0.555. The van der Waals surface area contributed by atoms with E-state index in [9.17, 15) is 4.79 Å². The summed E-state index contributed by atoms with van der Waals surface area (Å²) in [6.45, 7) is 0. The number of nitrogens with one attached hydrogen (secondary N) is 1. The SMILES string of the molecule is COc1ccc2[nH]cc(C(=O)On3nnc4ncccc43)c2c1. The summed E-state index contributed by atoms with van der Waals surface area (Å²) in [5.41, 5.74) is 2.11. The Hall–Kier alpha value is -3.42. The van der Waals surface area contributed by atoms with E-state index in [1.165, 1.54) is 0 Å².